The monoisotopic (exact) mass is 1600 g/mol. The van der Waals surface area contributed by atoms with E-state index in [0.717, 1.165) is 127 Å². The molecule has 22 aromatic rings. The summed E-state index contributed by atoms with van der Waals surface area (Å²) in [6, 6.07) is 111. The number of benzene rings is 20. The smallest absolute Gasteiger partial charge is 0.0645 e. The highest BCUT2D eigenvalue weighted by molar-refractivity contribution is 6.13. The lowest BCUT2D eigenvalue weighted by molar-refractivity contribution is 1.18. The second kappa shape index (κ2) is 33.8. The molecular weight excluding hydrogens is 1500 g/mol. The topological polar surface area (TPSA) is 16.3 Å². The van der Waals surface area contributed by atoms with Gasteiger partial charge in [-0.2, -0.15) is 0 Å². The predicted octanol–water partition coefficient (Wildman–Crippen LogP) is 33.2. The van der Waals surface area contributed by atoms with Crippen molar-refractivity contribution < 1.29 is 28.8 Å². The number of rotatable bonds is 18. The number of aromatic nitrogens is 2. The Morgan fingerprint density at radius 2 is 0.484 bits per heavy atom. The van der Waals surface area contributed by atoms with Gasteiger partial charge in [-0.3, -0.25) is 0 Å². The maximum absolute atomic E-state index is 9.94. The number of para-hydroxylation sites is 4. The fourth-order valence-corrected chi connectivity index (χ4v) is 16.6. The van der Waals surface area contributed by atoms with Crippen molar-refractivity contribution in [2.75, 3.05) is 9.80 Å². The predicted molar refractivity (Wildman–Crippen MR) is 525 cm³/mol. The van der Waals surface area contributed by atoms with E-state index in [2.05, 4.69) is 118 Å². The van der Waals surface area contributed by atoms with Crippen molar-refractivity contribution in [2.24, 2.45) is 0 Å². The molecule has 0 aliphatic rings. The number of anilines is 6. The molecule has 0 amide bonds. The minimum absolute atomic E-state index is 0.0368. The van der Waals surface area contributed by atoms with Crippen molar-refractivity contribution in [3.63, 3.8) is 0 Å². The number of nitrogens with zero attached hydrogens (tertiary/aromatic N) is 4. The van der Waals surface area contributed by atoms with Gasteiger partial charge in [0.1, 0.15) is 0 Å². The summed E-state index contributed by atoms with van der Waals surface area (Å²) in [5.41, 5.74) is 16.3. The van der Waals surface area contributed by atoms with Gasteiger partial charge in [0.2, 0.25) is 0 Å². The molecule has 0 bridgehead atoms. The highest BCUT2D eigenvalue weighted by atomic mass is 15.2. The van der Waals surface area contributed by atoms with Crippen LogP contribution in [0.15, 0.2) is 509 Å². The molecule has 2 heterocycles. The van der Waals surface area contributed by atoms with Crippen LogP contribution in [0.2, 0.25) is 0 Å². The van der Waals surface area contributed by atoms with Gasteiger partial charge in [0.15, 0.2) is 0 Å². The molecule has 0 aliphatic heterocycles. The van der Waals surface area contributed by atoms with Gasteiger partial charge in [-0.15, -0.1) is 0 Å². The Balaban J connectivity index is 0.000000173. The van der Waals surface area contributed by atoms with Crippen molar-refractivity contribution in [3.05, 3.63) is 509 Å². The number of fused-ring (bicyclic) bond motifs is 6. The first-order valence-electron chi connectivity index (χ1n) is 51.3. The van der Waals surface area contributed by atoms with Gasteiger partial charge in [0, 0.05) is 66.5 Å². The summed E-state index contributed by atoms with van der Waals surface area (Å²) in [5.74, 6) is 0. The van der Waals surface area contributed by atoms with Crippen molar-refractivity contribution in [1.29, 1.82) is 0 Å². The van der Waals surface area contributed by atoms with E-state index < -0.39 is 136 Å². The van der Waals surface area contributed by atoms with Crippen LogP contribution >= 0.6 is 0 Å². The highest BCUT2D eigenvalue weighted by Crippen LogP contribution is 2.48. The van der Waals surface area contributed by atoms with Gasteiger partial charge in [-0.1, -0.05) is 388 Å². The lowest BCUT2D eigenvalue weighted by atomic mass is 9.96. The third-order valence-corrected chi connectivity index (χ3v) is 22.5. The third-order valence-electron chi connectivity index (χ3n) is 22.5. The van der Waals surface area contributed by atoms with E-state index in [4.69, 9.17) is 11.0 Å². The summed E-state index contributed by atoms with van der Waals surface area (Å²) in [5, 5.41) is 3.59. The number of hydrogen-bond donors (Lipinski definition) is 0. The summed E-state index contributed by atoms with van der Waals surface area (Å²) in [7, 11) is 0. The molecule has 20 aromatic carbocycles. The van der Waals surface area contributed by atoms with Gasteiger partial charge >= 0.3 is 0 Å². The molecule has 0 spiro atoms. The second-order valence-corrected chi connectivity index (χ2v) is 29.8. The summed E-state index contributed by atoms with van der Waals surface area (Å²) in [6.45, 7) is 0. The van der Waals surface area contributed by atoms with Crippen LogP contribution in [0.4, 0.5) is 34.1 Å². The first-order valence-corrected chi connectivity index (χ1v) is 40.8. The highest BCUT2D eigenvalue weighted by Gasteiger charge is 2.24. The zero-order chi connectivity index (χ0) is 101. The minimum atomic E-state index is -0.885. The van der Waals surface area contributed by atoms with Crippen LogP contribution in [-0.4, -0.2) is 9.13 Å². The maximum atomic E-state index is 9.94. The van der Waals surface area contributed by atoms with E-state index in [-0.39, 0.29) is 46.7 Å². The summed E-state index contributed by atoms with van der Waals surface area (Å²) in [6.07, 6.45) is 0. The quantitative estimate of drug-likeness (QED) is 0.0851. The van der Waals surface area contributed by atoms with E-state index in [1.807, 2.05) is 248 Å². The molecule has 4 nitrogen and oxygen atoms in total. The molecule has 0 N–H and O–H groups in total. The Labute approximate surface area is 753 Å². The molecule has 0 unspecified atom stereocenters. The Bertz CT molecular complexity index is 8800. The summed E-state index contributed by atoms with van der Waals surface area (Å²) >= 11 is 0. The molecule has 22 rings (SSSR count). The van der Waals surface area contributed by atoms with Crippen molar-refractivity contribution in [2.45, 2.75) is 0 Å². The molecule has 0 aliphatic carbocycles. The third kappa shape index (κ3) is 14.8. The van der Waals surface area contributed by atoms with E-state index in [1.165, 1.54) is 0 Å². The van der Waals surface area contributed by atoms with E-state index >= 15 is 0 Å². The van der Waals surface area contributed by atoms with Crippen molar-refractivity contribution in [3.8, 4) is 123 Å². The van der Waals surface area contributed by atoms with Crippen LogP contribution in [0.3, 0.4) is 0 Å². The fourth-order valence-electron chi connectivity index (χ4n) is 16.6. The SMILES string of the molecule is [2H]c1c([2H])c(N(c2ccc(-c3ccccc3)cc2)c2ccc(-c3ccccc3)cc2-c2ccccc2)c([2H])c([2H])c1-c1ccc2c(c1)c1ccccc1n2-c1ccccc1-c1ccccc1.[2H]c1c([2H])c([2H])c(-c2c([2H])c([2H])c(N(c3ccc(-c4ccccc4)cc3)c3c([2H])c([2H])c(-c4ccc5c(c4)c4ccccc4n5-c4ccccc4-c4ccccc4)c([2H])c3[2H])c(-c3c([2H])c([2H])c([2H])c([2H])c3[2H])c2[2H])c([2H])c1[2H]. The molecule has 584 valence electrons. The average Bonchev–Trinajstić information content (AvgIpc) is 1.25. The largest absolute Gasteiger partial charge is 0.310 e. The summed E-state index contributed by atoms with van der Waals surface area (Å²) < 4.78 is 200. The summed E-state index contributed by atoms with van der Waals surface area (Å²) in [4.78, 5) is 3.00. The first kappa shape index (κ1) is 55.4. The zero-order valence-electron chi connectivity index (χ0n) is 87.7. The van der Waals surface area contributed by atoms with Gasteiger partial charge < -0.3 is 18.9 Å². The lowest BCUT2D eigenvalue weighted by Crippen LogP contribution is -2.11. The van der Waals surface area contributed by atoms with Crippen LogP contribution in [0.5, 0.6) is 0 Å². The molecule has 124 heavy (non-hydrogen) atoms. The van der Waals surface area contributed by atoms with Gasteiger partial charge in [-0.05, 0) is 210 Å². The molecule has 4 heteroatoms. The second-order valence-electron chi connectivity index (χ2n) is 29.8. The molecule has 0 fully saturated rings. The molecule has 0 radical (unpaired) electrons. The van der Waals surface area contributed by atoms with Crippen LogP contribution in [0.1, 0.15) is 28.8 Å². The minimum Gasteiger partial charge on any atom is -0.310 e. The van der Waals surface area contributed by atoms with Crippen LogP contribution in [0.25, 0.3) is 166 Å². The van der Waals surface area contributed by atoms with Crippen molar-refractivity contribution in [1.82, 2.24) is 9.13 Å². The van der Waals surface area contributed by atoms with Gasteiger partial charge in [0.05, 0.1) is 73.6 Å². The Hall–Kier alpha value is -16.4. The first-order chi connectivity index (χ1) is 70.3. The van der Waals surface area contributed by atoms with Gasteiger partial charge in [-0.25, -0.2) is 0 Å². The fraction of sp³-hybridized carbons (Fsp3) is 0. The van der Waals surface area contributed by atoms with E-state index in [9.17, 15) is 17.8 Å². The molecule has 0 saturated heterocycles. The molecular formula is C120H84N4. The number of hydrogen-bond acceptors (Lipinski definition) is 2. The normalized spacial score (nSPS) is 13.6. The Morgan fingerprint density at radius 1 is 0.169 bits per heavy atom. The molecule has 0 atom stereocenters. The van der Waals surface area contributed by atoms with Crippen LogP contribution in [-0.2, 0) is 0 Å². The standard InChI is InChI=1S/2C60H42N2/c2*1-5-17-43(18-6-1)45-29-35-51(36-30-45)61(59-39-33-49(44-19-7-2-8-20-44)41-55(59)48-23-11-4-12-24-48)52-37-31-46(32-38-52)50-34-40-60-56(42-50)54-26-14-16-28-58(54)62(60)57-27-15-13-25-53(57)47-21-9-3-10-22-47/h2*1-42H/i2D,4D,7D,8D,11D,12D,19D,20D,23D,24D,31D,32D,33D,37D,38D,39D,41D;31D,32D,37D,38D. The van der Waals surface area contributed by atoms with Crippen LogP contribution < -0.4 is 9.80 Å². The Morgan fingerprint density at radius 3 is 0.927 bits per heavy atom. The zero-order valence-corrected chi connectivity index (χ0v) is 66.7. The van der Waals surface area contributed by atoms with E-state index in [0.29, 0.717) is 22.4 Å². The Kier molecular flexibility index (Phi) is 15.1. The lowest BCUT2D eigenvalue weighted by Gasteiger charge is -2.29. The maximum Gasteiger partial charge on any atom is 0.0645 e. The van der Waals surface area contributed by atoms with E-state index in [1.54, 1.807) is 30.3 Å². The van der Waals surface area contributed by atoms with Crippen LogP contribution in [0, 0.1) is 0 Å². The van der Waals surface area contributed by atoms with Crippen molar-refractivity contribution >= 4 is 77.7 Å². The molecule has 0 saturated carbocycles. The van der Waals surface area contributed by atoms with Gasteiger partial charge in [0.25, 0.3) is 0 Å². The molecule has 2 aromatic heterocycles. The average molecular weight is 1600 g/mol.